The first-order valence-corrected chi connectivity index (χ1v) is 8.44. The summed E-state index contributed by atoms with van der Waals surface area (Å²) in [5, 5.41) is 3.40. The lowest BCUT2D eigenvalue weighted by molar-refractivity contribution is -0.116. The van der Waals surface area contributed by atoms with Crippen molar-refractivity contribution in [3.63, 3.8) is 0 Å². The topological polar surface area (TPSA) is 55.4 Å². The van der Waals surface area contributed by atoms with E-state index in [9.17, 15) is 9.59 Å². The molecule has 0 aliphatic heterocycles. The minimum atomic E-state index is -0.398. The van der Waals surface area contributed by atoms with Gasteiger partial charge >= 0.3 is 5.97 Å². The Morgan fingerprint density at radius 2 is 1.87 bits per heavy atom. The molecule has 0 bridgehead atoms. The molecule has 0 atom stereocenters. The molecule has 0 radical (unpaired) electrons. The molecule has 23 heavy (non-hydrogen) atoms. The number of amides is 1. The normalized spacial score (nSPS) is 10.4. The van der Waals surface area contributed by atoms with Crippen LogP contribution in [0.1, 0.15) is 39.7 Å². The first-order chi connectivity index (χ1) is 11.0. The maximum Gasteiger partial charge on any atom is 0.341 e. The molecule has 1 aromatic carbocycles. The van der Waals surface area contributed by atoms with Crippen molar-refractivity contribution in [1.29, 1.82) is 0 Å². The molecule has 0 unspecified atom stereocenters. The van der Waals surface area contributed by atoms with E-state index in [1.54, 1.807) is 13.0 Å². The van der Waals surface area contributed by atoms with Gasteiger partial charge in [0.2, 0.25) is 5.91 Å². The van der Waals surface area contributed by atoms with Gasteiger partial charge in [0.15, 0.2) is 0 Å². The highest BCUT2D eigenvalue weighted by Crippen LogP contribution is 2.28. The number of rotatable bonds is 6. The van der Waals surface area contributed by atoms with Crippen LogP contribution in [0.4, 0.5) is 5.00 Å². The molecule has 0 fully saturated rings. The summed E-state index contributed by atoms with van der Waals surface area (Å²) in [6.07, 6.45) is 1.05. The lowest BCUT2D eigenvalue weighted by Crippen LogP contribution is -2.14. The molecule has 0 saturated carbocycles. The van der Waals surface area contributed by atoms with Crippen LogP contribution >= 0.6 is 11.3 Å². The van der Waals surface area contributed by atoms with Crippen LogP contribution in [0.5, 0.6) is 0 Å². The first kappa shape index (κ1) is 17.2. The van der Waals surface area contributed by atoms with Crippen LogP contribution < -0.4 is 5.32 Å². The maximum absolute atomic E-state index is 12.1. The lowest BCUT2D eigenvalue weighted by atomic mass is 10.1. The van der Waals surface area contributed by atoms with Crippen LogP contribution in [-0.2, 0) is 16.0 Å². The number of esters is 1. The second-order valence-corrected chi connectivity index (χ2v) is 6.61. The molecular weight excluding hydrogens is 310 g/mol. The molecule has 5 heteroatoms. The zero-order chi connectivity index (χ0) is 16.8. The SMILES string of the molecule is CCOC(=O)c1cc(C)sc1NC(=O)CCc1ccc(C)cc1. The molecule has 4 nitrogen and oxygen atoms in total. The summed E-state index contributed by atoms with van der Waals surface area (Å²) in [6.45, 7) is 6.01. The molecule has 2 aromatic rings. The van der Waals surface area contributed by atoms with E-state index < -0.39 is 5.97 Å². The van der Waals surface area contributed by atoms with E-state index in [1.807, 2.05) is 38.1 Å². The van der Waals surface area contributed by atoms with Crippen molar-refractivity contribution < 1.29 is 14.3 Å². The number of hydrogen-bond donors (Lipinski definition) is 1. The van der Waals surface area contributed by atoms with Crippen LogP contribution in [0, 0.1) is 13.8 Å². The third kappa shape index (κ3) is 4.93. The molecule has 0 aliphatic rings. The van der Waals surface area contributed by atoms with E-state index in [0.717, 1.165) is 10.4 Å². The summed E-state index contributed by atoms with van der Waals surface area (Å²) in [5.74, 6) is -0.497. The van der Waals surface area contributed by atoms with E-state index in [4.69, 9.17) is 4.74 Å². The van der Waals surface area contributed by atoms with E-state index in [2.05, 4.69) is 5.32 Å². The van der Waals surface area contributed by atoms with Gasteiger partial charge < -0.3 is 10.1 Å². The standard InChI is InChI=1S/C18H21NO3S/c1-4-22-18(21)15-11-13(3)23-17(15)19-16(20)10-9-14-7-5-12(2)6-8-14/h5-8,11H,4,9-10H2,1-3H3,(H,19,20). The summed E-state index contributed by atoms with van der Waals surface area (Å²) < 4.78 is 5.02. The van der Waals surface area contributed by atoms with E-state index in [1.165, 1.54) is 16.9 Å². The van der Waals surface area contributed by atoms with Crippen LogP contribution in [0.25, 0.3) is 0 Å². The predicted molar refractivity (Wildman–Crippen MR) is 93.1 cm³/mol. The average molecular weight is 331 g/mol. The largest absolute Gasteiger partial charge is 0.462 e. The second kappa shape index (κ2) is 7.92. The molecule has 0 aliphatic carbocycles. The van der Waals surface area contributed by atoms with Gasteiger partial charge in [-0.05, 0) is 38.8 Å². The number of carbonyl (C=O) groups excluding carboxylic acids is 2. The number of hydrogen-bond acceptors (Lipinski definition) is 4. The Kier molecular flexibility index (Phi) is 5.93. The third-order valence-corrected chi connectivity index (χ3v) is 4.33. The molecular formula is C18H21NO3S. The highest BCUT2D eigenvalue weighted by molar-refractivity contribution is 7.16. The van der Waals surface area contributed by atoms with Crippen molar-refractivity contribution in [1.82, 2.24) is 0 Å². The van der Waals surface area contributed by atoms with Crippen LogP contribution in [0.2, 0.25) is 0 Å². The molecule has 2 rings (SSSR count). The average Bonchev–Trinajstić information content (AvgIpc) is 2.87. The van der Waals surface area contributed by atoms with Crippen molar-refractivity contribution in [3.8, 4) is 0 Å². The van der Waals surface area contributed by atoms with Gasteiger partial charge in [0.25, 0.3) is 0 Å². The summed E-state index contributed by atoms with van der Waals surface area (Å²) in [6, 6.07) is 9.88. The fraction of sp³-hybridized carbons (Fsp3) is 0.333. The molecule has 1 heterocycles. The number of ether oxygens (including phenoxy) is 1. The molecule has 0 saturated heterocycles. The zero-order valence-corrected chi connectivity index (χ0v) is 14.5. The van der Waals surface area contributed by atoms with Crippen LogP contribution in [0.15, 0.2) is 30.3 Å². The Morgan fingerprint density at radius 3 is 2.52 bits per heavy atom. The number of thiophene rings is 1. The van der Waals surface area contributed by atoms with Gasteiger partial charge in [0.05, 0.1) is 12.2 Å². The monoisotopic (exact) mass is 331 g/mol. The summed E-state index contributed by atoms with van der Waals surface area (Å²) in [7, 11) is 0. The van der Waals surface area contributed by atoms with E-state index in [-0.39, 0.29) is 5.91 Å². The van der Waals surface area contributed by atoms with E-state index in [0.29, 0.717) is 30.0 Å². The van der Waals surface area contributed by atoms with Crippen molar-refractivity contribution in [2.45, 2.75) is 33.6 Å². The Hall–Kier alpha value is -2.14. The van der Waals surface area contributed by atoms with Crippen LogP contribution in [0.3, 0.4) is 0 Å². The summed E-state index contributed by atoms with van der Waals surface area (Å²) in [5.41, 5.74) is 2.75. The van der Waals surface area contributed by atoms with Crippen molar-refractivity contribution in [3.05, 3.63) is 51.9 Å². The molecule has 122 valence electrons. The Morgan fingerprint density at radius 1 is 1.17 bits per heavy atom. The second-order valence-electron chi connectivity index (χ2n) is 5.35. The third-order valence-electron chi connectivity index (χ3n) is 3.36. The Balaban J connectivity index is 1.97. The zero-order valence-electron chi connectivity index (χ0n) is 13.6. The van der Waals surface area contributed by atoms with Gasteiger partial charge in [-0.15, -0.1) is 11.3 Å². The fourth-order valence-electron chi connectivity index (χ4n) is 2.17. The highest BCUT2D eigenvalue weighted by atomic mass is 32.1. The van der Waals surface area contributed by atoms with Gasteiger partial charge in [-0.2, -0.15) is 0 Å². The number of anilines is 1. The summed E-state index contributed by atoms with van der Waals surface area (Å²) >= 11 is 1.39. The van der Waals surface area contributed by atoms with Gasteiger partial charge in [0.1, 0.15) is 5.00 Å². The highest BCUT2D eigenvalue weighted by Gasteiger charge is 2.17. The number of carbonyl (C=O) groups is 2. The number of nitrogens with one attached hydrogen (secondary N) is 1. The van der Waals surface area contributed by atoms with Crippen LogP contribution in [-0.4, -0.2) is 18.5 Å². The first-order valence-electron chi connectivity index (χ1n) is 7.62. The number of benzene rings is 1. The molecule has 1 amide bonds. The van der Waals surface area contributed by atoms with Crippen molar-refractivity contribution in [2.24, 2.45) is 0 Å². The number of aryl methyl sites for hydroxylation is 3. The maximum atomic E-state index is 12.1. The Labute approximate surface area is 140 Å². The predicted octanol–water partition coefficient (Wildman–Crippen LogP) is 4.11. The van der Waals surface area contributed by atoms with Gasteiger partial charge in [-0.25, -0.2) is 4.79 Å². The molecule has 1 aromatic heterocycles. The van der Waals surface area contributed by atoms with Gasteiger partial charge in [-0.3, -0.25) is 4.79 Å². The summed E-state index contributed by atoms with van der Waals surface area (Å²) in [4.78, 5) is 25.0. The van der Waals surface area contributed by atoms with Gasteiger partial charge in [0, 0.05) is 11.3 Å². The Bertz CT molecular complexity index is 689. The molecule has 0 spiro atoms. The fourth-order valence-corrected chi connectivity index (χ4v) is 3.09. The smallest absolute Gasteiger partial charge is 0.341 e. The lowest BCUT2D eigenvalue weighted by Gasteiger charge is -2.06. The van der Waals surface area contributed by atoms with E-state index >= 15 is 0 Å². The van der Waals surface area contributed by atoms with Gasteiger partial charge in [-0.1, -0.05) is 29.8 Å². The van der Waals surface area contributed by atoms with Crippen molar-refractivity contribution in [2.75, 3.05) is 11.9 Å². The molecule has 1 N–H and O–H groups in total. The van der Waals surface area contributed by atoms with Crippen molar-refractivity contribution >= 4 is 28.2 Å². The minimum absolute atomic E-state index is 0.0991. The minimum Gasteiger partial charge on any atom is -0.462 e. The quantitative estimate of drug-likeness (QED) is 0.810.